The molecule has 0 saturated heterocycles. The second-order valence-electron chi connectivity index (χ2n) is 6.88. The monoisotopic (exact) mass is 487 g/mol. The molecule has 1 aliphatic heterocycles. The van der Waals surface area contributed by atoms with Crippen molar-refractivity contribution < 1.29 is 22.1 Å². The van der Waals surface area contributed by atoms with Crippen LogP contribution in [0.3, 0.4) is 0 Å². The van der Waals surface area contributed by atoms with Crippen molar-refractivity contribution >= 4 is 51.3 Å². The summed E-state index contributed by atoms with van der Waals surface area (Å²) in [7, 11) is -4.09. The maximum atomic E-state index is 12.4. The first kappa shape index (κ1) is 22.1. The summed E-state index contributed by atoms with van der Waals surface area (Å²) >= 11 is 12.0. The molecule has 0 unspecified atom stereocenters. The molecule has 32 heavy (non-hydrogen) atoms. The van der Waals surface area contributed by atoms with Gasteiger partial charge in [-0.2, -0.15) is 8.42 Å². The lowest BCUT2D eigenvalue weighted by Gasteiger charge is -2.09. The maximum absolute atomic E-state index is 12.4. The van der Waals surface area contributed by atoms with Crippen molar-refractivity contribution in [3.05, 3.63) is 99.2 Å². The Morgan fingerprint density at radius 1 is 0.969 bits per heavy atom. The van der Waals surface area contributed by atoms with E-state index in [2.05, 4.69) is 4.99 Å². The minimum absolute atomic E-state index is 0.0472. The summed E-state index contributed by atoms with van der Waals surface area (Å²) in [5.41, 5.74) is 2.37. The van der Waals surface area contributed by atoms with Gasteiger partial charge < -0.3 is 8.92 Å². The molecule has 0 radical (unpaired) electrons. The van der Waals surface area contributed by atoms with Crippen LogP contribution in [-0.2, 0) is 19.6 Å². The lowest BCUT2D eigenvalue weighted by Crippen LogP contribution is -2.09. The summed E-state index contributed by atoms with van der Waals surface area (Å²) in [6, 6.07) is 17.4. The maximum Gasteiger partial charge on any atom is 0.363 e. The van der Waals surface area contributed by atoms with Crippen molar-refractivity contribution in [2.24, 2.45) is 4.99 Å². The Balaban J connectivity index is 1.56. The van der Waals surface area contributed by atoms with E-state index in [9.17, 15) is 13.2 Å². The first-order valence-electron chi connectivity index (χ1n) is 9.30. The topological polar surface area (TPSA) is 82.0 Å². The molecule has 0 spiro atoms. The van der Waals surface area contributed by atoms with E-state index in [1.54, 1.807) is 6.07 Å². The molecule has 0 amide bonds. The highest BCUT2D eigenvalue weighted by molar-refractivity contribution is 7.87. The van der Waals surface area contributed by atoms with Crippen molar-refractivity contribution in [1.29, 1.82) is 0 Å². The summed E-state index contributed by atoms with van der Waals surface area (Å²) in [4.78, 5) is 16.4. The van der Waals surface area contributed by atoms with E-state index in [4.69, 9.17) is 32.1 Å². The molecule has 0 N–H and O–H groups in total. The molecule has 3 aromatic rings. The number of cyclic esters (lactones) is 1. The van der Waals surface area contributed by atoms with Crippen LogP contribution in [0.5, 0.6) is 5.75 Å². The van der Waals surface area contributed by atoms with Gasteiger partial charge in [-0.15, -0.1) is 0 Å². The van der Waals surface area contributed by atoms with Crippen molar-refractivity contribution in [3.8, 4) is 5.75 Å². The van der Waals surface area contributed by atoms with Crippen LogP contribution in [0.4, 0.5) is 0 Å². The summed E-state index contributed by atoms with van der Waals surface area (Å²) in [5, 5.41) is 0.448. The van der Waals surface area contributed by atoms with Gasteiger partial charge in [0, 0.05) is 10.6 Å². The molecular weight excluding hydrogens is 473 g/mol. The Kier molecular flexibility index (Phi) is 6.06. The van der Waals surface area contributed by atoms with Gasteiger partial charge in [0.1, 0.15) is 4.90 Å². The minimum atomic E-state index is -4.09. The van der Waals surface area contributed by atoms with Crippen molar-refractivity contribution in [3.63, 3.8) is 0 Å². The Morgan fingerprint density at radius 2 is 1.66 bits per heavy atom. The molecule has 1 heterocycles. The molecule has 162 valence electrons. The second-order valence-corrected chi connectivity index (χ2v) is 9.27. The van der Waals surface area contributed by atoms with Gasteiger partial charge >= 0.3 is 16.1 Å². The van der Waals surface area contributed by atoms with Crippen molar-refractivity contribution in [1.82, 2.24) is 0 Å². The van der Waals surface area contributed by atoms with E-state index >= 15 is 0 Å². The van der Waals surface area contributed by atoms with E-state index in [0.717, 1.165) is 5.56 Å². The predicted molar refractivity (Wildman–Crippen MR) is 123 cm³/mol. The summed E-state index contributed by atoms with van der Waals surface area (Å²) < 4.78 is 35.3. The van der Waals surface area contributed by atoms with Crippen molar-refractivity contribution in [2.45, 2.75) is 11.8 Å². The van der Waals surface area contributed by atoms with Gasteiger partial charge in [-0.1, -0.05) is 47.0 Å². The molecule has 0 atom stereocenters. The number of esters is 1. The van der Waals surface area contributed by atoms with E-state index in [-0.39, 0.29) is 27.3 Å². The number of halogens is 2. The largest absolute Gasteiger partial charge is 0.402 e. The standard InChI is InChI=1S/C23H15Cl2NO5S/c1-14-2-5-16(6-3-14)22-26-20(23(27)30-22)13-15-4-11-21(19(25)12-15)31-32(28,29)18-9-7-17(24)8-10-18/h2-13H,1H3. The molecule has 4 rings (SSSR count). The number of aryl methyl sites for hydroxylation is 1. The highest BCUT2D eigenvalue weighted by atomic mass is 35.5. The zero-order valence-corrected chi connectivity index (χ0v) is 18.9. The van der Waals surface area contributed by atoms with Crippen molar-refractivity contribution in [2.75, 3.05) is 0 Å². The van der Waals surface area contributed by atoms with Crippen LogP contribution in [0.2, 0.25) is 10.0 Å². The molecule has 0 aliphatic carbocycles. The van der Waals surface area contributed by atoms with Gasteiger partial charge in [0.2, 0.25) is 5.90 Å². The number of nitrogens with zero attached hydrogens (tertiary/aromatic N) is 1. The molecule has 0 saturated carbocycles. The van der Waals surface area contributed by atoms with E-state index < -0.39 is 16.1 Å². The minimum Gasteiger partial charge on any atom is -0.402 e. The van der Waals surface area contributed by atoms with Crippen LogP contribution in [-0.4, -0.2) is 20.3 Å². The van der Waals surface area contributed by atoms with Gasteiger partial charge in [0.25, 0.3) is 0 Å². The lowest BCUT2D eigenvalue weighted by atomic mass is 10.1. The van der Waals surface area contributed by atoms with Gasteiger partial charge in [-0.3, -0.25) is 0 Å². The first-order chi connectivity index (χ1) is 15.2. The fraction of sp³-hybridized carbons (Fsp3) is 0.0435. The van der Waals surface area contributed by atoms with E-state index in [1.165, 1.54) is 42.5 Å². The fourth-order valence-corrected chi connectivity index (χ4v) is 4.18. The molecule has 1 aliphatic rings. The van der Waals surface area contributed by atoms with Gasteiger partial charge in [0.05, 0.1) is 5.02 Å². The Morgan fingerprint density at radius 3 is 2.31 bits per heavy atom. The zero-order chi connectivity index (χ0) is 22.9. The summed E-state index contributed by atoms with van der Waals surface area (Å²) in [6.45, 7) is 1.95. The molecular formula is C23H15Cl2NO5S. The fourth-order valence-electron chi connectivity index (χ4n) is 2.83. The number of rotatable bonds is 5. The molecule has 0 fully saturated rings. The number of hydrogen-bond donors (Lipinski definition) is 0. The van der Waals surface area contributed by atoms with Crippen LogP contribution >= 0.6 is 23.2 Å². The average Bonchev–Trinajstić information content (AvgIpc) is 3.11. The molecule has 3 aromatic carbocycles. The number of carbonyl (C=O) groups is 1. The van der Waals surface area contributed by atoms with Crippen LogP contribution in [0.1, 0.15) is 16.7 Å². The highest BCUT2D eigenvalue weighted by Crippen LogP contribution is 2.30. The quantitative estimate of drug-likeness (QED) is 0.272. The Hall–Kier alpha value is -3.13. The van der Waals surface area contributed by atoms with Gasteiger partial charge in [0.15, 0.2) is 11.4 Å². The predicted octanol–water partition coefficient (Wildman–Crippen LogP) is 5.41. The number of ether oxygens (including phenoxy) is 1. The third-order valence-electron chi connectivity index (χ3n) is 4.48. The Labute approximate surface area is 194 Å². The van der Waals surface area contributed by atoms with E-state index in [0.29, 0.717) is 16.1 Å². The van der Waals surface area contributed by atoms with Crippen LogP contribution in [0.15, 0.2) is 82.3 Å². The molecule has 9 heteroatoms. The van der Waals surface area contributed by atoms with Crippen LogP contribution in [0.25, 0.3) is 6.08 Å². The number of hydrogen-bond acceptors (Lipinski definition) is 6. The molecule has 0 bridgehead atoms. The lowest BCUT2D eigenvalue weighted by molar-refractivity contribution is -0.129. The molecule has 6 nitrogen and oxygen atoms in total. The third-order valence-corrected chi connectivity index (χ3v) is 6.28. The van der Waals surface area contributed by atoms with Crippen LogP contribution < -0.4 is 4.18 Å². The summed E-state index contributed by atoms with van der Waals surface area (Å²) in [6.07, 6.45) is 1.49. The third kappa shape index (κ3) is 4.85. The SMILES string of the molecule is Cc1ccc(C2=NC(=Cc3ccc(OS(=O)(=O)c4ccc(Cl)cc4)c(Cl)c3)C(=O)O2)cc1. The second kappa shape index (κ2) is 8.78. The highest BCUT2D eigenvalue weighted by Gasteiger charge is 2.24. The zero-order valence-electron chi connectivity index (χ0n) is 16.6. The molecule has 0 aromatic heterocycles. The number of benzene rings is 3. The Bertz CT molecular complexity index is 1360. The first-order valence-corrected chi connectivity index (χ1v) is 11.5. The average molecular weight is 488 g/mol. The van der Waals surface area contributed by atoms with Gasteiger partial charge in [-0.05, 0) is 67.1 Å². The van der Waals surface area contributed by atoms with E-state index in [1.807, 2.05) is 31.2 Å². The normalized spacial score (nSPS) is 14.9. The summed E-state index contributed by atoms with van der Waals surface area (Å²) in [5.74, 6) is -0.440. The van der Waals surface area contributed by atoms with Crippen LogP contribution in [0, 0.1) is 6.92 Å². The number of aliphatic imine (C=N–C) groups is 1. The smallest absolute Gasteiger partial charge is 0.363 e. The number of carbonyl (C=O) groups excluding carboxylic acids is 1. The van der Waals surface area contributed by atoms with Gasteiger partial charge in [-0.25, -0.2) is 9.79 Å².